The van der Waals surface area contributed by atoms with E-state index in [4.69, 9.17) is 4.74 Å². The summed E-state index contributed by atoms with van der Waals surface area (Å²) in [6.07, 6.45) is 0.0629. The largest absolute Gasteiger partial charge is 0.504 e. The van der Waals surface area contributed by atoms with Crippen LogP contribution in [-0.2, 0) is 10.5 Å². The predicted molar refractivity (Wildman–Crippen MR) is 111 cm³/mol. The van der Waals surface area contributed by atoms with E-state index >= 15 is 0 Å². The summed E-state index contributed by atoms with van der Waals surface area (Å²) in [7, 11) is 1.42. The van der Waals surface area contributed by atoms with Gasteiger partial charge in [0.2, 0.25) is 5.91 Å². The van der Waals surface area contributed by atoms with Crippen LogP contribution < -0.4 is 15.6 Å². The van der Waals surface area contributed by atoms with E-state index in [9.17, 15) is 19.1 Å². The maximum Gasteiger partial charge on any atom is 0.257 e. The Kier molecular flexibility index (Phi) is 5.45. The molecule has 9 heteroatoms. The maximum atomic E-state index is 13.8. The minimum absolute atomic E-state index is 0.0336. The lowest BCUT2D eigenvalue weighted by atomic mass is 9.86. The number of methoxy groups -OCH3 is 1. The van der Waals surface area contributed by atoms with Gasteiger partial charge in [0.15, 0.2) is 16.7 Å². The van der Waals surface area contributed by atoms with Crippen molar-refractivity contribution < 1.29 is 19.0 Å². The van der Waals surface area contributed by atoms with E-state index in [0.29, 0.717) is 16.7 Å². The highest BCUT2D eigenvalue weighted by Gasteiger charge is 2.31. The molecule has 0 bridgehead atoms. The number of carbonyl (C=O) groups is 1. The summed E-state index contributed by atoms with van der Waals surface area (Å²) >= 11 is 1.17. The zero-order chi connectivity index (χ0) is 21.3. The number of hydrogen-bond acceptors (Lipinski definition) is 6. The number of phenolic OH excluding ortho intramolecular Hbond substituents is 1. The first kappa shape index (κ1) is 20.0. The van der Waals surface area contributed by atoms with Gasteiger partial charge in [-0.25, -0.2) is 9.37 Å². The van der Waals surface area contributed by atoms with Gasteiger partial charge < -0.3 is 20.1 Å². The third-order valence-electron chi connectivity index (χ3n) is 4.86. The van der Waals surface area contributed by atoms with Crippen LogP contribution in [0.1, 0.15) is 29.0 Å². The molecule has 1 aliphatic heterocycles. The van der Waals surface area contributed by atoms with Crippen molar-refractivity contribution in [3.8, 4) is 11.5 Å². The summed E-state index contributed by atoms with van der Waals surface area (Å²) in [6, 6.07) is 11.1. The Hall–Kier alpha value is -3.33. The number of phenols is 1. The summed E-state index contributed by atoms with van der Waals surface area (Å²) in [5.74, 6) is -0.466. The van der Waals surface area contributed by atoms with Gasteiger partial charge in [0.1, 0.15) is 11.6 Å². The molecule has 1 aliphatic rings. The van der Waals surface area contributed by atoms with Gasteiger partial charge >= 0.3 is 0 Å². The summed E-state index contributed by atoms with van der Waals surface area (Å²) in [5.41, 5.74) is 1.09. The van der Waals surface area contributed by atoms with Gasteiger partial charge in [-0.3, -0.25) is 9.59 Å². The Morgan fingerprint density at radius 1 is 1.27 bits per heavy atom. The molecule has 1 amide bonds. The number of rotatable bonds is 5. The fourth-order valence-corrected chi connectivity index (χ4v) is 4.22. The highest BCUT2D eigenvalue weighted by Crippen LogP contribution is 2.38. The van der Waals surface area contributed by atoms with E-state index in [-0.39, 0.29) is 51.9 Å². The molecule has 30 heavy (non-hydrogen) atoms. The first-order chi connectivity index (χ1) is 14.5. The highest BCUT2D eigenvalue weighted by molar-refractivity contribution is 7.98. The number of thioether (sulfide) groups is 1. The molecule has 1 unspecified atom stereocenters. The number of nitrogens with zero attached hydrogens (tertiary/aromatic N) is 1. The molecule has 0 saturated carbocycles. The number of fused-ring (bicyclic) bond motifs is 1. The van der Waals surface area contributed by atoms with Crippen LogP contribution in [0, 0.1) is 5.82 Å². The molecule has 3 aromatic rings. The number of aromatic nitrogens is 2. The van der Waals surface area contributed by atoms with E-state index in [0.717, 1.165) is 0 Å². The molecule has 0 saturated heterocycles. The molecule has 1 aromatic heterocycles. The molecule has 0 radical (unpaired) electrons. The van der Waals surface area contributed by atoms with Crippen LogP contribution in [0.2, 0.25) is 0 Å². The second-order valence-corrected chi connectivity index (χ2v) is 7.71. The maximum absolute atomic E-state index is 13.8. The van der Waals surface area contributed by atoms with Crippen molar-refractivity contribution in [2.75, 3.05) is 12.4 Å². The van der Waals surface area contributed by atoms with Crippen molar-refractivity contribution in [3.63, 3.8) is 0 Å². The van der Waals surface area contributed by atoms with Crippen LogP contribution >= 0.6 is 11.8 Å². The molecule has 1 atom stereocenters. The van der Waals surface area contributed by atoms with Gasteiger partial charge in [0.25, 0.3) is 5.56 Å². The average molecular weight is 427 g/mol. The Morgan fingerprint density at radius 2 is 2.07 bits per heavy atom. The highest BCUT2D eigenvalue weighted by atomic mass is 32.2. The second-order valence-electron chi connectivity index (χ2n) is 6.75. The lowest BCUT2D eigenvalue weighted by Crippen LogP contribution is -2.31. The summed E-state index contributed by atoms with van der Waals surface area (Å²) in [4.78, 5) is 32.2. The molecule has 0 fully saturated rings. The van der Waals surface area contributed by atoms with E-state index in [2.05, 4.69) is 15.3 Å². The topological polar surface area (TPSA) is 104 Å². The zero-order valence-electron chi connectivity index (χ0n) is 15.9. The van der Waals surface area contributed by atoms with Gasteiger partial charge in [0.05, 0.1) is 12.7 Å². The average Bonchev–Trinajstić information content (AvgIpc) is 2.72. The third-order valence-corrected chi connectivity index (χ3v) is 5.78. The fourth-order valence-electron chi connectivity index (χ4n) is 3.38. The molecule has 7 nitrogen and oxygen atoms in total. The molecule has 2 aromatic carbocycles. The van der Waals surface area contributed by atoms with Gasteiger partial charge in [0, 0.05) is 18.1 Å². The molecule has 4 rings (SSSR count). The van der Waals surface area contributed by atoms with E-state index < -0.39 is 5.92 Å². The number of ether oxygens (including phenoxy) is 1. The second kappa shape index (κ2) is 8.19. The molecule has 0 spiro atoms. The number of H-pyrrole nitrogens is 1. The fraction of sp³-hybridized carbons (Fsp3) is 0.190. The number of benzene rings is 2. The SMILES string of the molecule is COc1cc(C2CC(=O)Nc3nc(SCc4ccccc4F)[nH]c(=O)c32)ccc1O. The van der Waals surface area contributed by atoms with Crippen molar-refractivity contribution in [1.82, 2.24) is 9.97 Å². The van der Waals surface area contributed by atoms with Crippen LogP contribution in [0.15, 0.2) is 52.4 Å². The molecule has 0 aliphatic carbocycles. The zero-order valence-corrected chi connectivity index (χ0v) is 16.8. The Balaban J connectivity index is 1.68. The van der Waals surface area contributed by atoms with Crippen LogP contribution in [0.3, 0.4) is 0 Å². The number of halogens is 1. The number of amides is 1. The minimum atomic E-state index is -0.537. The molecule has 3 N–H and O–H groups in total. The number of aromatic amines is 1. The van der Waals surface area contributed by atoms with Crippen LogP contribution in [0.25, 0.3) is 0 Å². The first-order valence-electron chi connectivity index (χ1n) is 9.13. The lowest BCUT2D eigenvalue weighted by molar-refractivity contribution is -0.116. The minimum Gasteiger partial charge on any atom is -0.504 e. The van der Waals surface area contributed by atoms with Crippen molar-refractivity contribution >= 4 is 23.5 Å². The summed E-state index contributed by atoms with van der Waals surface area (Å²) in [5, 5.41) is 12.8. The van der Waals surface area contributed by atoms with Crippen LogP contribution in [0.5, 0.6) is 11.5 Å². The number of nitrogens with one attached hydrogen (secondary N) is 2. The third kappa shape index (κ3) is 3.88. The van der Waals surface area contributed by atoms with Crippen molar-refractivity contribution in [2.45, 2.75) is 23.2 Å². The standard InChI is InChI=1S/C21H18FN3O4S/c1-29-16-8-11(6-7-15(16)26)13-9-17(27)23-19-18(13)20(28)25-21(24-19)30-10-12-4-2-3-5-14(12)22/h2-8,13,26H,9-10H2,1H3,(H2,23,24,25,27,28). The number of aromatic hydroxyl groups is 1. The van der Waals surface area contributed by atoms with Crippen LogP contribution in [0.4, 0.5) is 10.2 Å². The molecular weight excluding hydrogens is 409 g/mol. The van der Waals surface area contributed by atoms with Crippen molar-refractivity contribution in [1.29, 1.82) is 0 Å². The quantitative estimate of drug-likeness (QED) is 0.426. The van der Waals surface area contributed by atoms with E-state index in [1.165, 1.54) is 31.0 Å². The molecule has 154 valence electrons. The van der Waals surface area contributed by atoms with Crippen molar-refractivity contribution in [3.05, 3.63) is 75.3 Å². The number of hydrogen-bond donors (Lipinski definition) is 3. The van der Waals surface area contributed by atoms with Gasteiger partial charge in [-0.1, -0.05) is 36.0 Å². The lowest BCUT2D eigenvalue weighted by Gasteiger charge is -2.25. The predicted octanol–water partition coefficient (Wildman–Crippen LogP) is 3.39. The number of carbonyl (C=O) groups excluding carboxylic acids is 1. The van der Waals surface area contributed by atoms with Gasteiger partial charge in [-0.05, 0) is 29.3 Å². The molecular formula is C21H18FN3O4S. The first-order valence-corrected chi connectivity index (χ1v) is 10.1. The Labute approximate surface area is 175 Å². The smallest absolute Gasteiger partial charge is 0.257 e. The Morgan fingerprint density at radius 3 is 2.83 bits per heavy atom. The number of anilines is 1. The Bertz CT molecular complexity index is 1180. The normalized spacial score (nSPS) is 15.4. The van der Waals surface area contributed by atoms with Crippen LogP contribution in [-0.4, -0.2) is 28.1 Å². The van der Waals surface area contributed by atoms with Gasteiger partial charge in [-0.2, -0.15) is 0 Å². The van der Waals surface area contributed by atoms with Gasteiger partial charge in [-0.15, -0.1) is 0 Å². The van der Waals surface area contributed by atoms with Crippen molar-refractivity contribution in [2.24, 2.45) is 0 Å². The van der Waals surface area contributed by atoms with E-state index in [1.807, 2.05) is 0 Å². The van der Waals surface area contributed by atoms with E-state index in [1.54, 1.807) is 30.3 Å². The summed E-state index contributed by atoms with van der Waals surface area (Å²) < 4.78 is 19.0. The monoisotopic (exact) mass is 427 g/mol. The molecule has 2 heterocycles. The summed E-state index contributed by atoms with van der Waals surface area (Å²) in [6.45, 7) is 0.